The maximum Gasteiger partial charge on any atom is 0.175 e. The first-order chi connectivity index (χ1) is 15.1. The monoisotopic (exact) mass is 420 g/mol. The number of hydrogen-bond acceptors (Lipinski definition) is 8. The van der Waals surface area contributed by atoms with Gasteiger partial charge in [-0.25, -0.2) is 8.78 Å². The first-order valence-corrected chi connectivity index (χ1v) is 9.36. The second-order valence-electron chi connectivity index (χ2n) is 6.56. The average molecular weight is 420 g/mol. The molecule has 0 atom stereocenters. The Hall–Kier alpha value is -4.05. The maximum absolute atomic E-state index is 13.4. The third kappa shape index (κ3) is 4.75. The van der Waals surface area contributed by atoms with Gasteiger partial charge in [0.25, 0.3) is 0 Å². The van der Waals surface area contributed by atoms with Crippen LogP contribution in [0.5, 0.6) is 0 Å². The smallest absolute Gasteiger partial charge is 0.175 e. The van der Waals surface area contributed by atoms with Gasteiger partial charge in [0, 0.05) is 25.0 Å². The molecule has 0 amide bonds. The van der Waals surface area contributed by atoms with Crippen LogP contribution in [-0.2, 0) is 0 Å². The van der Waals surface area contributed by atoms with E-state index in [0.29, 0.717) is 11.4 Å². The Morgan fingerprint density at radius 1 is 0.903 bits per heavy atom. The Kier molecular flexibility index (Phi) is 5.99. The van der Waals surface area contributed by atoms with E-state index in [1.807, 2.05) is 36.4 Å². The van der Waals surface area contributed by atoms with E-state index in [1.165, 1.54) is 6.07 Å². The van der Waals surface area contributed by atoms with Crippen LogP contribution in [0.15, 0.2) is 82.3 Å². The number of benzene rings is 1. The maximum atomic E-state index is 13.4. The van der Waals surface area contributed by atoms with E-state index < -0.39 is 11.6 Å². The van der Waals surface area contributed by atoms with Gasteiger partial charge >= 0.3 is 0 Å². The lowest BCUT2D eigenvalue weighted by atomic mass is 10.1. The van der Waals surface area contributed by atoms with Crippen LogP contribution in [0, 0.1) is 11.6 Å². The molecule has 0 unspecified atom stereocenters. The average Bonchev–Trinajstić information content (AvgIpc) is 3.15. The van der Waals surface area contributed by atoms with Gasteiger partial charge in [-0.1, -0.05) is 12.1 Å². The molecule has 10 heteroatoms. The SMILES string of the molecule is NC1=NN=C(CNC(c2ccccn2)c2ccccn2)/C1=N\Nc1ccc(F)c(F)c1. The molecule has 31 heavy (non-hydrogen) atoms. The van der Waals surface area contributed by atoms with Gasteiger partial charge in [0.2, 0.25) is 0 Å². The van der Waals surface area contributed by atoms with E-state index in [0.717, 1.165) is 23.5 Å². The van der Waals surface area contributed by atoms with Crippen LogP contribution >= 0.6 is 0 Å². The molecule has 8 nitrogen and oxygen atoms in total. The van der Waals surface area contributed by atoms with Crippen molar-refractivity contribution in [1.29, 1.82) is 0 Å². The molecule has 4 rings (SSSR count). The summed E-state index contributed by atoms with van der Waals surface area (Å²) in [4.78, 5) is 8.84. The highest BCUT2D eigenvalue weighted by Crippen LogP contribution is 2.18. The van der Waals surface area contributed by atoms with Crippen molar-refractivity contribution in [3.8, 4) is 0 Å². The lowest BCUT2D eigenvalue weighted by Crippen LogP contribution is -2.36. The van der Waals surface area contributed by atoms with E-state index in [4.69, 9.17) is 5.73 Å². The molecular weight excluding hydrogens is 402 g/mol. The summed E-state index contributed by atoms with van der Waals surface area (Å²) in [6.07, 6.45) is 3.42. The van der Waals surface area contributed by atoms with Crippen LogP contribution in [-0.4, -0.2) is 33.8 Å². The van der Waals surface area contributed by atoms with Crippen molar-refractivity contribution >= 4 is 22.9 Å². The Morgan fingerprint density at radius 2 is 1.61 bits per heavy atom. The zero-order chi connectivity index (χ0) is 21.6. The molecule has 1 aliphatic rings. The highest BCUT2D eigenvalue weighted by molar-refractivity contribution is 6.69. The summed E-state index contributed by atoms with van der Waals surface area (Å²) in [6, 6.07) is 14.3. The number of halogens is 2. The second kappa shape index (κ2) is 9.18. The standard InChI is InChI=1S/C21H18F2N8/c22-14-8-7-13(11-15(14)23)28-30-20-18(29-31-21(20)24)12-27-19(16-5-1-3-9-25-16)17-6-2-4-10-26-17/h1-11,19,27-28H,12H2,(H2,24,30,31). The zero-order valence-corrected chi connectivity index (χ0v) is 16.2. The summed E-state index contributed by atoms with van der Waals surface area (Å²) in [7, 11) is 0. The number of nitrogens with one attached hydrogen (secondary N) is 2. The van der Waals surface area contributed by atoms with Crippen molar-refractivity contribution in [1.82, 2.24) is 15.3 Å². The Bertz CT molecular complexity index is 1110. The lowest BCUT2D eigenvalue weighted by molar-refractivity contribution is 0.509. The van der Waals surface area contributed by atoms with Crippen molar-refractivity contribution in [2.45, 2.75) is 6.04 Å². The minimum absolute atomic E-state index is 0.110. The fraction of sp³-hybridized carbons (Fsp3) is 0.0952. The Labute approximate surface area is 176 Å². The van der Waals surface area contributed by atoms with Crippen molar-refractivity contribution < 1.29 is 8.78 Å². The Morgan fingerprint density at radius 3 is 2.23 bits per heavy atom. The van der Waals surface area contributed by atoms with Gasteiger partial charge in [-0.15, -0.1) is 10.2 Å². The van der Waals surface area contributed by atoms with E-state index >= 15 is 0 Å². The van der Waals surface area contributed by atoms with E-state index in [2.05, 4.69) is 36.0 Å². The van der Waals surface area contributed by atoms with Gasteiger partial charge in [-0.05, 0) is 36.4 Å². The third-order valence-electron chi connectivity index (χ3n) is 4.45. The molecule has 0 radical (unpaired) electrons. The molecule has 0 saturated heterocycles. The number of nitrogens with two attached hydrogens (primary N) is 1. The van der Waals surface area contributed by atoms with Crippen LogP contribution in [0.4, 0.5) is 14.5 Å². The molecule has 3 aromatic rings. The van der Waals surface area contributed by atoms with Crippen LogP contribution < -0.4 is 16.5 Å². The quantitative estimate of drug-likeness (QED) is 0.509. The van der Waals surface area contributed by atoms with Crippen molar-refractivity contribution in [2.75, 3.05) is 12.0 Å². The number of pyridine rings is 2. The molecule has 4 N–H and O–H groups in total. The number of rotatable bonds is 7. The lowest BCUT2D eigenvalue weighted by Gasteiger charge is -2.18. The summed E-state index contributed by atoms with van der Waals surface area (Å²) in [5.74, 6) is -1.82. The molecule has 1 aromatic carbocycles. The highest BCUT2D eigenvalue weighted by atomic mass is 19.2. The summed E-state index contributed by atoms with van der Waals surface area (Å²) in [5, 5.41) is 15.5. The molecule has 0 fully saturated rings. The molecule has 2 aromatic heterocycles. The van der Waals surface area contributed by atoms with E-state index in [1.54, 1.807) is 12.4 Å². The molecule has 3 heterocycles. The number of amidine groups is 1. The third-order valence-corrected chi connectivity index (χ3v) is 4.45. The zero-order valence-electron chi connectivity index (χ0n) is 16.2. The number of hydrazone groups is 1. The predicted molar refractivity (Wildman–Crippen MR) is 115 cm³/mol. The minimum Gasteiger partial charge on any atom is -0.380 e. The first kappa shape index (κ1) is 20.2. The molecule has 0 bridgehead atoms. The van der Waals surface area contributed by atoms with Gasteiger partial charge in [0.05, 0.1) is 23.1 Å². The molecular formula is C21H18F2N8. The molecule has 156 valence electrons. The molecule has 0 spiro atoms. The number of aromatic nitrogens is 2. The summed E-state index contributed by atoms with van der Waals surface area (Å²) in [6.45, 7) is 0.264. The van der Waals surface area contributed by atoms with Crippen LogP contribution in [0.3, 0.4) is 0 Å². The summed E-state index contributed by atoms with van der Waals surface area (Å²) < 4.78 is 26.5. The van der Waals surface area contributed by atoms with Crippen LogP contribution in [0.25, 0.3) is 0 Å². The van der Waals surface area contributed by atoms with Crippen LogP contribution in [0.1, 0.15) is 17.4 Å². The first-order valence-electron chi connectivity index (χ1n) is 9.36. The number of nitrogens with zero attached hydrogens (tertiary/aromatic N) is 5. The van der Waals surface area contributed by atoms with Gasteiger partial charge in [0.15, 0.2) is 23.2 Å². The molecule has 0 saturated carbocycles. The van der Waals surface area contributed by atoms with Gasteiger partial charge in [-0.3, -0.25) is 20.7 Å². The van der Waals surface area contributed by atoms with Crippen LogP contribution in [0.2, 0.25) is 0 Å². The van der Waals surface area contributed by atoms with Gasteiger partial charge in [-0.2, -0.15) is 5.10 Å². The van der Waals surface area contributed by atoms with Gasteiger partial charge < -0.3 is 5.73 Å². The van der Waals surface area contributed by atoms with Gasteiger partial charge in [0.1, 0.15) is 5.71 Å². The topological polar surface area (TPSA) is 113 Å². The normalized spacial score (nSPS) is 14.6. The minimum atomic E-state index is -0.984. The Balaban J connectivity index is 1.51. The summed E-state index contributed by atoms with van der Waals surface area (Å²) in [5.41, 5.74) is 11.2. The second-order valence-corrected chi connectivity index (χ2v) is 6.56. The summed E-state index contributed by atoms with van der Waals surface area (Å²) >= 11 is 0. The molecule has 1 aliphatic heterocycles. The fourth-order valence-corrected chi connectivity index (χ4v) is 2.94. The number of hydrogen-bond donors (Lipinski definition) is 3. The van der Waals surface area contributed by atoms with Crippen molar-refractivity contribution in [3.63, 3.8) is 0 Å². The van der Waals surface area contributed by atoms with Crippen molar-refractivity contribution in [2.24, 2.45) is 21.0 Å². The fourth-order valence-electron chi connectivity index (χ4n) is 2.94. The van der Waals surface area contributed by atoms with E-state index in [-0.39, 0.29) is 24.1 Å². The highest BCUT2D eigenvalue weighted by Gasteiger charge is 2.23. The number of anilines is 1. The molecule has 0 aliphatic carbocycles. The van der Waals surface area contributed by atoms with Crippen molar-refractivity contribution in [3.05, 3.63) is 90.0 Å². The largest absolute Gasteiger partial charge is 0.380 e. The van der Waals surface area contributed by atoms with E-state index in [9.17, 15) is 8.78 Å². The predicted octanol–water partition coefficient (Wildman–Crippen LogP) is 2.63.